The highest BCUT2D eigenvalue weighted by Gasteiger charge is 2.52. The molecule has 0 aromatic carbocycles. The molecule has 1 N–H and O–H groups in total. The third-order valence-corrected chi connectivity index (χ3v) is 3.79. The lowest BCUT2D eigenvalue weighted by atomic mass is 9.71. The van der Waals surface area contributed by atoms with Gasteiger partial charge in [-0.25, -0.2) is 0 Å². The predicted octanol–water partition coefficient (Wildman–Crippen LogP) is 2.44. The van der Waals surface area contributed by atoms with Crippen molar-refractivity contribution in [1.82, 2.24) is 0 Å². The van der Waals surface area contributed by atoms with Gasteiger partial charge >= 0.3 is 0 Å². The molecule has 2 aliphatic rings. The number of rotatable bonds is 0. The summed E-state index contributed by atoms with van der Waals surface area (Å²) < 4.78 is 0. The van der Waals surface area contributed by atoms with Gasteiger partial charge in [0.25, 0.3) is 0 Å². The van der Waals surface area contributed by atoms with Crippen LogP contribution in [0.4, 0.5) is 0 Å². The lowest BCUT2D eigenvalue weighted by Gasteiger charge is -2.35. The van der Waals surface area contributed by atoms with Gasteiger partial charge in [-0.1, -0.05) is 20.8 Å². The predicted molar refractivity (Wildman–Crippen MR) is 49.8 cm³/mol. The number of fused-ring (bicyclic) bond motifs is 1. The van der Waals surface area contributed by atoms with Crippen LogP contribution in [0.3, 0.4) is 0 Å². The molecular weight excluding hydrogens is 148 g/mol. The molecule has 12 heavy (non-hydrogen) atoms. The zero-order valence-electron chi connectivity index (χ0n) is 8.38. The van der Waals surface area contributed by atoms with Crippen molar-refractivity contribution in [3.8, 4) is 0 Å². The summed E-state index contributed by atoms with van der Waals surface area (Å²) in [6.45, 7) is 7.01. The molecule has 0 spiro atoms. The van der Waals surface area contributed by atoms with Gasteiger partial charge in [0.1, 0.15) is 0 Å². The molecule has 3 unspecified atom stereocenters. The third kappa shape index (κ3) is 1.28. The van der Waals surface area contributed by atoms with Gasteiger partial charge in [0.05, 0.1) is 6.10 Å². The van der Waals surface area contributed by atoms with Gasteiger partial charge in [-0.3, -0.25) is 0 Å². The lowest BCUT2D eigenvalue weighted by Crippen LogP contribution is -2.30. The number of aliphatic hydroxyl groups is 1. The van der Waals surface area contributed by atoms with Gasteiger partial charge in [0, 0.05) is 0 Å². The molecule has 0 heterocycles. The highest BCUT2D eigenvalue weighted by molar-refractivity contribution is 5.02. The smallest absolute Gasteiger partial charge is 0.0571 e. The zero-order valence-corrected chi connectivity index (χ0v) is 8.38. The minimum absolute atomic E-state index is 0.0357. The fourth-order valence-electron chi connectivity index (χ4n) is 2.99. The van der Waals surface area contributed by atoms with Gasteiger partial charge in [-0.2, -0.15) is 0 Å². The molecule has 1 heteroatoms. The average molecular weight is 168 g/mol. The summed E-state index contributed by atoms with van der Waals surface area (Å²) in [5.41, 5.74) is 0.458. The van der Waals surface area contributed by atoms with E-state index in [0.29, 0.717) is 11.3 Å². The first kappa shape index (κ1) is 8.55. The molecule has 4 atom stereocenters. The maximum Gasteiger partial charge on any atom is 0.0571 e. The van der Waals surface area contributed by atoms with Gasteiger partial charge < -0.3 is 5.11 Å². The van der Waals surface area contributed by atoms with Crippen molar-refractivity contribution in [3.05, 3.63) is 0 Å². The van der Waals surface area contributed by atoms with Crippen molar-refractivity contribution < 1.29 is 5.11 Å². The number of aliphatic hydroxyl groups excluding tert-OH is 1. The second kappa shape index (κ2) is 2.47. The molecule has 0 aromatic rings. The van der Waals surface area contributed by atoms with Crippen molar-refractivity contribution in [3.63, 3.8) is 0 Å². The van der Waals surface area contributed by atoms with Crippen LogP contribution in [0.1, 0.15) is 40.0 Å². The van der Waals surface area contributed by atoms with E-state index >= 15 is 0 Å². The van der Waals surface area contributed by atoms with Crippen LogP contribution in [-0.2, 0) is 0 Å². The fourth-order valence-corrected chi connectivity index (χ4v) is 2.99. The topological polar surface area (TPSA) is 20.2 Å². The van der Waals surface area contributed by atoms with Crippen LogP contribution in [0.5, 0.6) is 0 Å². The maximum atomic E-state index is 9.60. The summed E-state index contributed by atoms with van der Waals surface area (Å²) in [7, 11) is 0. The number of hydrogen-bond acceptors (Lipinski definition) is 1. The molecule has 0 aromatic heterocycles. The van der Waals surface area contributed by atoms with E-state index in [1.165, 1.54) is 12.8 Å². The van der Waals surface area contributed by atoms with Crippen LogP contribution in [0.25, 0.3) is 0 Å². The molecule has 2 aliphatic carbocycles. The minimum Gasteiger partial charge on any atom is -0.393 e. The van der Waals surface area contributed by atoms with Crippen LogP contribution < -0.4 is 0 Å². The quantitative estimate of drug-likeness (QED) is 0.589. The monoisotopic (exact) mass is 168 g/mol. The van der Waals surface area contributed by atoms with E-state index in [9.17, 15) is 5.11 Å². The summed E-state index contributed by atoms with van der Waals surface area (Å²) in [5.74, 6) is 2.39. The third-order valence-electron chi connectivity index (χ3n) is 3.79. The molecule has 2 fully saturated rings. The molecule has 0 saturated heterocycles. The summed E-state index contributed by atoms with van der Waals surface area (Å²) in [4.78, 5) is 0. The highest BCUT2D eigenvalue weighted by Crippen LogP contribution is 2.57. The molecule has 1 nitrogen and oxygen atoms in total. The van der Waals surface area contributed by atoms with Crippen LogP contribution in [-0.4, -0.2) is 11.2 Å². The van der Waals surface area contributed by atoms with Crippen molar-refractivity contribution in [2.24, 2.45) is 23.2 Å². The van der Waals surface area contributed by atoms with Crippen LogP contribution in [0.15, 0.2) is 0 Å². The van der Waals surface area contributed by atoms with E-state index in [2.05, 4.69) is 20.8 Å². The van der Waals surface area contributed by atoms with Gasteiger partial charge in [-0.15, -0.1) is 0 Å². The van der Waals surface area contributed by atoms with Gasteiger partial charge in [0.15, 0.2) is 0 Å². The molecule has 0 bridgehead atoms. The molecule has 70 valence electrons. The van der Waals surface area contributed by atoms with Gasteiger partial charge in [0.2, 0.25) is 0 Å². The first-order chi connectivity index (χ1) is 5.50. The Balaban J connectivity index is 2.03. The first-order valence-electron chi connectivity index (χ1n) is 5.18. The van der Waals surface area contributed by atoms with Crippen LogP contribution >= 0.6 is 0 Å². The van der Waals surface area contributed by atoms with E-state index in [0.717, 1.165) is 18.3 Å². The van der Waals surface area contributed by atoms with Crippen LogP contribution in [0.2, 0.25) is 0 Å². The van der Waals surface area contributed by atoms with E-state index in [1.54, 1.807) is 0 Å². The lowest BCUT2D eigenvalue weighted by molar-refractivity contribution is 0.0622. The maximum absolute atomic E-state index is 9.60. The summed E-state index contributed by atoms with van der Waals surface area (Å²) >= 11 is 0. The molecule has 0 amide bonds. The number of hydrogen-bond donors (Lipinski definition) is 1. The SMILES string of the molecule is CC(C)(C)[C@H]1CCC(O)C2CC21. The normalized spacial score (nSPS) is 47.0. The summed E-state index contributed by atoms with van der Waals surface area (Å²) in [6, 6.07) is 0. The Hall–Kier alpha value is -0.0400. The Bertz CT molecular complexity index is 180. The standard InChI is InChI=1S/C11H20O/c1-11(2,3)9-4-5-10(12)8-6-7(8)9/h7-10,12H,4-6H2,1-3H3/t7?,8?,9-,10?/m0/s1. The van der Waals surface area contributed by atoms with Crippen molar-refractivity contribution in [2.45, 2.75) is 46.1 Å². The van der Waals surface area contributed by atoms with E-state index in [4.69, 9.17) is 0 Å². The largest absolute Gasteiger partial charge is 0.393 e. The first-order valence-corrected chi connectivity index (χ1v) is 5.18. The van der Waals surface area contributed by atoms with Crippen LogP contribution in [0, 0.1) is 23.2 Å². The second-order valence-electron chi connectivity index (χ2n) is 5.68. The Morgan fingerprint density at radius 3 is 2.33 bits per heavy atom. The fraction of sp³-hybridized carbons (Fsp3) is 1.00. The Labute approximate surface area is 75.2 Å². The molecule has 2 rings (SSSR count). The Kier molecular flexibility index (Phi) is 1.76. The highest BCUT2D eigenvalue weighted by atomic mass is 16.3. The zero-order chi connectivity index (χ0) is 8.93. The molecule has 2 saturated carbocycles. The van der Waals surface area contributed by atoms with Crippen molar-refractivity contribution >= 4 is 0 Å². The van der Waals surface area contributed by atoms with Crippen molar-refractivity contribution in [1.29, 1.82) is 0 Å². The second-order valence-corrected chi connectivity index (χ2v) is 5.68. The molecule has 0 radical (unpaired) electrons. The average Bonchev–Trinajstić information content (AvgIpc) is 2.64. The summed E-state index contributed by atoms with van der Waals surface area (Å²) in [6.07, 6.45) is 3.62. The van der Waals surface area contributed by atoms with E-state index < -0.39 is 0 Å². The Morgan fingerprint density at radius 1 is 1.08 bits per heavy atom. The van der Waals surface area contributed by atoms with E-state index in [-0.39, 0.29) is 6.10 Å². The minimum atomic E-state index is 0.0357. The molecule has 0 aliphatic heterocycles. The van der Waals surface area contributed by atoms with Gasteiger partial charge in [-0.05, 0) is 42.4 Å². The van der Waals surface area contributed by atoms with E-state index in [1.807, 2.05) is 0 Å². The van der Waals surface area contributed by atoms with Crippen molar-refractivity contribution in [2.75, 3.05) is 0 Å². The summed E-state index contributed by atoms with van der Waals surface area (Å²) in [5, 5.41) is 9.60. The molecular formula is C11H20O. The Morgan fingerprint density at radius 2 is 1.75 bits per heavy atom.